The molecule has 0 bridgehead atoms. The Hall–Kier alpha value is -2.83. The van der Waals surface area contributed by atoms with Gasteiger partial charge < -0.3 is 4.74 Å². The van der Waals surface area contributed by atoms with Gasteiger partial charge in [0, 0.05) is 11.1 Å². The van der Waals surface area contributed by atoms with Crippen molar-refractivity contribution in [3.63, 3.8) is 0 Å². The van der Waals surface area contributed by atoms with Gasteiger partial charge in [-0.25, -0.2) is 18.1 Å². The monoisotopic (exact) mass is 383 g/mol. The summed E-state index contributed by atoms with van der Waals surface area (Å²) >= 11 is 0. The van der Waals surface area contributed by atoms with Gasteiger partial charge >= 0.3 is 0 Å². The minimum absolute atomic E-state index is 0.0452. The lowest BCUT2D eigenvalue weighted by Crippen LogP contribution is -2.09. The molecule has 4 rings (SSSR count). The number of ether oxygens (including phenoxy) is 1. The summed E-state index contributed by atoms with van der Waals surface area (Å²) in [7, 11) is -0.777. The smallest absolute Gasteiger partial charge is 0.166 e. The Morgan fingerprint density at radius 3 is 1.93 bits per heavy atom. The Kier molecular flexibility index (Phi) is 4.37. The summed E-state index contributed by atoms with van der Waals surface area (Å²) in [4.78, 5) is -0.178. The SMILES string of the molecule is COc1c(F)cc2ccccc2c1-c1c(S(N)=O)c(F)cc2ccccc12. The molecule has 3 nitrogen and oxygen atoms in total. The Labute approximate surface area is 157 Å². The van der Waals surface area contributed by atoms with Crippen molar-refractivity contribution in [1.82, 2.24) is 0 Å². The number of hydrogen-bond donors (Lipinski definition) is 1. The van der Waals surface area contributed by atoms with Gasteiger partial charge in [0.25, 0.3) is 0 Å². The number of fused-ring (bicyclic) bond motifs is 2. The van der Waals surface area contributed by atoms with Crippen LogP contribution in [0.4, 0.5) is 8.78 Å². The number of methoxy groups -OCH3 is 1. The Morgan fingerprint density at radius 1 is 0.852 bits per heavy atom. The average molecular weight is 383 g/mol. The van der Waals surface area contributed by atoms with E-state index in [1.54, 1.807) is 48.5 Å². The third-order valence-corrected chi connectivity index (χ3v) is 5.37. The van der Waals surface area contributed by atoms with Crippen molar-refractivity contribution in [3.8, 4) is 16.9 Å². The Morgan fingerprint density at radius 2 is 1.37 bits per heavy atom. The van der Waals surface area contributed by atoms with Crippen molar-refractivity contribution in [2.45, 2.75) is 4.90 Å². The van der Waals surface area contributed by atoms with Crippen molar-refractivity contribution in [2.24, 2.45) is 5.14 Å². The van der Waals surface area contributed by atoms with E-state index in [0.29, 0.717) is 27.1 Å². The predicted molar refractivity (Wildman–Crippen MR) is 104 cm³/mol. The molecule has 136 valence electrons. The second-order valence-corrected chi connectivity index (χ2v) is 7.07. The zero-order chi connectivity index (χ0) is 19.1. The molecule has 0 aliphatic rings. The lowest BCUT2D eigenvalue weighted by molar-refractivity contribution is 0.389. The highest BCUT2D eigenvalue weighted by atomic mass is 32.2. The summed E-state index contributed by atoms with van der Waals surface area (Å²) in [6.07, 6.45) is 0. The molecule has 4 aromatic carbocycles. The first-order valence-electron chi connectivity index (χ1n) is 8.16. The highest BCUT2D eigenvalue weighted by Crippen LogP contribution is 2.45. The van der Waals surface area contributed by atoms with Crippen LogP contribution in [0.15, 0.2) is 65.6 Å². The van der Waals surface area contributed by atoms with E-state index in [0.717, 1.165) is 0 Å². The molecule has 0 aliphatic heterocycles. The van der Waals surface area contributed by atoms with Gasteiger partial charge in [-0.3, -0.25) is 0 Å². The molecule has 0 aromatic heterocycles. The van der Waals surface area contributed by atoms with Gasteiger partial charge in [0.2, 0.25) is 0 Å². The standard InChI is InChI=1S/C21H15F2NO2S/c1-26-20-16(22)10-12-6-2-4-8-14(12)18(20)19-15-9-5-3-7-13(15)11-17(23)21(19)27(24)25/h2-11H,24H2,1H3. The maximum Gasteiger partial charge on any atom is 0.166 e. The molecule has 0 radical (unpaired) electrons. The van der Waals surface area contributed by atoms with Crippen LogP contribution in [0, 0.1) is 11.6 Å². The minimum atomic E-state index is -2.12. The van der Waals surface area contributed by atoms with Gasteiger partial charge in [-0.05, 0) is 33.7 Å². The molecule has 4 aromatic rings. The van der Waals surface area contributed by atoms with Crippen LogP contribution < -0.4 is 9.88 Å². The summed E-state index contributed by atoms with van der Waals surface area (Å²) in [5, 5.41) is 8.09. The maximum absolute atomic E-state index is 14.8. The van der Waals surface area contributed by atoms with E-state index in [2.05, 4.69) is 0 Å². The maximum atomic E-state index is 14.8. The van der Waals surface area contributed by atoms with Crippen LogP contribution in [0.2, 0.25) is 0 Å². The van der Waals surface area contributed by atoms with Crippen LogP contribution in [-0.2, 0) is 11.0 Å². The number of nitrogens with two attached hydrogens (primary N) is 1. The van der Waals surface area contributed by atoms with E-state index in [4.69, 9.17) is 9.88 Å². The fraction of sp³-hybridized carbons (Fsp3) is 0.0476. The third kappa shape index (κ3) is 2.78. The van der Waals surface area contributed by atoms with Crippen molar-refractivity contribution >= 4 is 32.5 Å². The largest absolute Gasteiger partial charge is 0.493 e. The van der Waals surface area contributed by atoms with Gasteiger partial charge in [0.05, 0.1) is 12.0 Å². The first kappa shape index (κ1) is 17.6. The lowest BCUT2D eigenvalue weighted by atomic mass is 9.92. The molecule has 0 saturated heterocycles. The lowest BCUT2D eigenvalue weighted by Gasteiger charge is -2.18. The first-order valence-corrected chi connectivity index (χ1v) is 9.37. The third-order valence-electron chi connectivity index (χ3n) is 4.57. The van der Waals surface area contributed by atoms with Gasteiger partial charge in [-0.2, -0.15) is 0 Å². The Bertz CT molecular complexity index is 1220. The molecule has 0 amide bonds. The minimum Gasteiger partial charge on any atom is -0.493 e. The number of halogens is 2. The normalized spacial score (nSPS) is 12.4. The predicted octanol–water partition coefficient (Wildman–Crippen LogP) is 4.93. The summed E-state index contributed by atoms with van der Waals surface area (Å²) in [5.41, 5.74) is 0.608. The fourth-order valence-electron chi connectivity index (χ4n) is 3.48. The summed E-state index contributed by atoms with van der Waals surface area (Å²) in [6, 6.07) is 16.8. The topological polar surface area (TPSA) is 52.3 Å². The highest BCUT2D eigenvalue weighted by molar-refractivity contribution is 7.82. The zero-order valence-electron chi connectivity index (χ0n) is 14.3. The molecule has 2 N–H and O–H groups in total. The molecule has 1 unspecified atom stereocenters. The van der Waals surface area contributed by atoms with Crippen molar-refractivity contribution in [3.05, 3.63) is 72.3 Å². The second-order valence-electron chi connectivity index (χ2n) is 6.07. The van der Waals surface area contributed by atoms with Crippen molar-refractivity contribution < 1.29 is 17.7 Å². The molecular weight excluding hydrogens is 368 g/mol. The van der Waals surface area contributed by atoms with E-state index >= 15 is 0 Å². The molecule has 6 heteroatoms. The summed E-state index contributed by atoms with van der Waals surface area (Å²) in [5.74, 6) is -1.34. The average Bonchev–Trinajstić information content (AvgIpc) is 2.65. The van der Waals surface area contributed by atoms with Gasteiger partial charge in [0.15, 0.2) is 11.6 Å². The van der Waals surface area contributed by atoms with E-state index < -0.39 is 22.6 Å². The number of hydrogen-bond acceptors (Lipinski definition) is 2. The van der Waals surface area contributed by atoms with Crippen molar-refractivity contribution in [2.75, 3.05) is 7.11 Å². The zero-order valence-corrected chi connectivity index (χ0v) is 15.1. The van der Waals surface area contributed by atoms with E-state index in [-0.39, 0.29) is 16.2 Å². The quantitative estimate of drug-likeness (QED) is 0.545. The summed E-state index contributed by atoms with van der Waals surface area (Å²) in [6.45, 7) is 0. The molecule has 0 fully saturated rings. The molecule has 0 heterocycles. The fourth-order valence-corrected chi connectivity index (χ4v) is 4.15. The molecule has 0 aliphatic carbocycles. The van der Waals surface area contributed by atoms with Crippen LogP contribution >= 0.6 is 0 Å². The molecule has 0 spiro atoms. The highest BCUT2D eigenvalue weighted by Gasteiger charge is 2.25. The van der Waals surface area contributed by atoms with Crippen LogP contribution in [0.25, 0.3) is 32.7 Å². The van der Waals surface area contributed by atoms with E-state index in [1.807, 2.05) is 0 Å². The van der Waals surface area contributed by atoms with Gasteiger partial charge in [-0.1, -0.05) is 48.5 Å². The molecule has 27 heavy (non-hydrogen) atoms. The van der Waals surface area contributed by atoms with Crippen LogP contribution in [0.3, 0.4) is 0 Å². The van der Waals surface area contributed by atoms with Gasteiger partial charge in [0.1, 0.15) is 16.8 Å². The van der Waals surface area contributed by atoms with Crippen LogP contribution in [0.1, 0.15) is 0 Å². The van der Waals surface area contributed by atoms with Crippen LogP contribution in [0.5, 0.6) is 5.75 Å². The van der Waals surface area contributed by atoms with Crippen LogP contribution in [-0.4, -0.2) is 11.3 Å². The van der Waals surface area contributed by atoms with E-state index in [9.17, 15) is 13.0 Å². The summed E-state index contributed by atoms with van der Waals surface area (Å²) < 4.78 is 47.2. The molecule has 1 atom stereocenters. The first-order chi connectivity index (χ1) is 13.0. The second kappa shape index (κ2) is 6.72. The van der Waals surface area contributed by atoms with Gasteiger partial charge in [-0.15, -0.1) is 0 Å². The number of benzene rings is 4. The van der Waals surface area contributed by atoms with E-state index in [1.165, 1.54) is 19.2 Å². The number of rotatable bonds is 3. The Balaban J connectivity index is 2.31. The van der Waals surface area contributed by atoms with Crippen molar-refractivity contribution in [1.29, 1.82) is 0 Å². The molecule has 0 saturated carbocycles. The molecular formula is C21H15F2NO2S.